The lowest BCUT2D eigenvalue weighted by Gasteiger charge is -2.06. The summed E-state index contributed by atoms with van der Waals surface area (Å²) in [6.07, 6.45) is 3.38. The maximum atomic E-state index is 11.8. The zero-order valence-corrected chi connectivity index (χ0v) is 10.3. The lowest BCUT2D eigenvalue weighted by molar-refractivity contribution is 0.415. The van der Waals surface area contributed by atoms with Gasteiger partial charge < -0.3 is 4.74 Å². The Morgan fingerprint density at radius 1 is 1.11 bits per heavy atom. The van der Waals surface area contributed by atoms with Gasteiger partial charge in [-0.3, -0.25) is 9.78 Å². The van der Waals surface area contributed by atoms with E-state index in [2.05, 4.69) is 15.2 Å². The van der Waals surface area contributed by atoms with Crippen LogP contribution < -0.4 is 10.3 Å². The van der Waals surface area contributed by atoms with Crippen LogP contribution >= 0.6 is 0 Å². The Bertz CT molecular complexity index is 782. The number of hydrogen-bond donors (Lipinski definition) is 1. The molecule has 5 heteroatoms. The molecule has 0 amide bonds. The van der Waals surface area contributed by atoms with Crippen LogP contribution in [-0.2, 0) is 0 Å². The Balaban J connectivity index is 2.33. The van der Waals surface area contributed by atoms with Crippen molar-refractivity contribution in [1.82, 2.24) is 15.2 Å². The van der Waals surface area contributed by atoms with Crippen molar-refractivity contribution < 1.29 is 4.74 Å². The monoisotopic (exact) mass is 253 g/mol. The Labute approximate surface area is 108 Å². The molecule has 0 aliphatic rings. The number of aromatic amines is 1. The minimum Gasteiger partial charge on any atom is -0.497 e. The third kappa shape index (κ3) is 1.95. The van der Waals surface area contributed by atoms with E-state index in [4.69, 9.17) is 4.74 Å². The van der Waals surface area contributed by atoms with E-state index in [0.29, 0.717) is 11.1 Å². The molecule has 0 aliphatic heterocycles. The highest BCUT2D eigenvalue weighted by Gasteiger charge is 2.09. The number of nitrogens with one attached hydrogen (secondary N) is 1. The van der Waals surface area contributed by atoms with Crippen molar-refractivity contribution in [2.75, 3.05) is 7.11 Å². The molecule has 0 saturated carbocycles. The van der Waals surface area contributed by atoms with E-state index < -0.39 is 0 Å². The molecule has 2 aromatic heterocycles. The van der Waals surface area contributed by atoms with Crippen molar-refractivity contribution in [3.05, 3.63) is 53.1 Å². The minimum absolute atomic E-state index is 0.230. The van der Waals surface area contributed by atoms with Crippen LogP contribution in [0.4, 0.5) is 0 Å². The number of methoxy groups -OCH3 is 1. The third-order valence-electron chi connectivity index (χ3n) is 2.95. The second-order valence-electron chi connectivity index (χ2n) is 4.05. The summed E-state index contributed by atoms with van der Waals surface area (Å²) >= 11 is 0. The van der Waals surface area contributed by atoms with Gasteiger partial charge in [-0.2, -0.15) is 5.10 Å². The van der Waals surface area contributed by atoms with Gasteiger partial charge >= 0.3 is 0 Å². The number of ether oxygens (including phenoxy) is 1. The summed E-state index contributed by atoms with van der Waals surface area (Å²) in [5.74, 6) is 0.643. The molecule has 3 aromatic rings. The predicted molar refractivity (Wildman–Crippen MR) is 72.1 cm³/mol. The highest BCUT2D eigenvalue weighted by atomic mass is 16.5. The molecule has 94 valence electrons. The molecule has 2 heterocycles. The fourth-order valence-electron chi connectivity index (χ4n) is 2.00. The minimum atomic E-state index is -0.230. The number of nitrogens with zero attached hydrogens (tertiary/aromatic N) is 2. The molecule has 0 radical (unpaired) electrons. The maximum Gasteiger partial charge on any atom is 0.272 e. The maximum absolute atomic E-state index is 11.8. The van der Waals surface area contributed by atoms with Crippen molar-refractivity contribution in [2.24, 2.45) is 0 Å². The molecule has 0 saturated heterocycles. The highest BCUT2D eigenvalue weighted by molar-refractivity contribution is 5.94. The standard InChI is InChI=1S/C14H11N3O2/c1-19-10-2-3-11-12(8-10)14(18)17-16-13(11)9-4-6-15-7-5-9/h2-8H,1H3,(H,17,18). The number of fused-ring (bicyclic) bond motifs is 1. The Morgan fingerprint density at radius 3 is 2.63 bits per heavy atom. The molecular weight excluding hydrogens is 242 g/mol. The predicted octanol–water partition coefficient (Wildman–Crippen LogP) is 1.99. The first kappa shape index (κ1) is 11.4. The summed E-state index contributed by atoms with van der Waals surface area (Å²) in [7, 11) is 1.57. The van der Waals surface area contributed by atoms with Crippen LogP contribution in [0.1, 0.15) is 0 Å². The molecule has 1 aromatic carbocycles. The second-order valence-corrected chi connectivity index (χ2v) is 4.05. The van der Waals surface area contributed by atoms with Crippen molar-refractivity contribution in [3.63, 3.8) is 0 Å². The summed E-state index contributed by atoms with van der Waals surface area (Å²) in [6.45, 7) is 0. The van der Waals surface area contributed by atoms with Crippen LogP contribution in [0.5, 0.6) is 5.75 Å². The third-order valence-corrected chi connectivity index (χ3v) is 2.95. The van der Waals surface area contributed by atoms with E-state index in [1.54, 1.807) is 25.6 Å². The van der Waals surface area contributed by atoms with Gasteiger partial charge in [0.2, 0.25) is 0 Å². The van der Waals surface area contributed by atoms with E-state index in [9.17, 15) is 4.79 Å². The van der Waals surface area contributed by atoms with Gasteiger partial charge in [0.15, 0.2) is 0 Å². The van der Waals surface area contributed by atoms with Crippen LogP contribution in [0.25, 0.3) is 22.0 Å². The molecule has 5 nitrogen and oxygen atoms in total. The van der Waals surface area contributed by atoms with Crippen LogP contribution in [0.15, 0.2) is 47.5 Å². The van der Waals surface area contributed by atoms with Crippen LogP contribution in [0.3, 0.4) is 0 Å². The van der Waals surface area contributed by atoms with Gasteiger partial charge in [0.25, 0.3) is 5.56 Å². The van der Waals surface area contributed by atoms with E-state index in [0.717, 1.165) is 16.6 Å². The number of hydrogen-bond acceptors (Lipinski definition) is 4. The smallest absolute Gasteiger partial charge is 0.272 e. The van der Waals surface area contributed by atoms with Gasteiger partial charge in [-0.05, 0) is 30.3 Å². The van der Waals surface area contributed by atoms with Gasteiger partial charge in [0.1, 0.15) is 5.75 Å². The fraction of sp³-hybridized carbons (Fsp3) is 0.0714. The summed E-state index contributed by atoms with van der Waals surface area (Å²) in [6, 6.07) is 9.06. The van der Waals surface area contributed by atoms with Gasteiger partial charge in [-0.1, -0.05) is 0 Å². The SMILES string of the molecule is COc1ccc2c(-c3ccncc3)n[nH]c(=O)c2c1. The van der Waals surface area contributed by atoms with E-state index in [1.807, 2.05) is 24.3 Å². The van der Waals surface area contributed by atoms with Gasteiger partial charge in [0.05, 0.1) is 18.2 Å². The lowest BCUT2D eigenvalue weighted by atomic mass is 10.1. The highest BCUT2D eigenvalue weighted by Crippen LogP contribution is 2.26. The second kappa shape index (κ2) is 4.53. The average Bonchev–Trinajstić information content (AvgIpc) is 2.48. The zero-order chi connectivity index (χ0) is 13.2. The lowest BCUT2D eigenvalue weighted by Crippen LogP contribution is -2.09. The molecule has 1 N–H and O–H groups in total. The fourth-order valence-corrected chi connectivity index (χ4v) is 2.00. The first-order valence-corrected chi connectivity index (χ1v) is 5.76. The molecule has 0 spiro atoms. The van der Waals surface area contributed by atoms with Crippen LogP contribution in [0, 0.1) is 0 Å². The average molecular weight is 253 g/mol. The summed E-state index contributed by atoms with van der Waals surface area (Å²) in [5.41, 5.74) is 1.40. The van der Waals surface area contributed by atoms with Gasteiger partial charge in [0, 0.05) is 23.3 Å². The molecule has 0 fully saturated rings. The number of benzene rings is 1. The molecule has 19 heavy (non-hydrogen) atoms. The molecule has 0 bridgehead atoms. The molecule has 3 rings (SSSR count). The normalized spacial score (nSPS) is 10.6. The molecule has 0 unspecified atom stereocenters. The number of aromatic nitrogens is 3. The number of rotatable bonds is 2. The zero-order valence-electron chi connectivity index (χ0n) is 10.3. The Hall–Kier alpha value is -2.69. The van der Waals surface area contributed by atoms with E-state index in [1.165, 1.54) is 0 Å². The summed E-state index contributed by atoms with van der Waals surface area (Å²) in [5, 5.41) is 7.98. The first-order valence-electron chi connectivity index (χ1n) is 5.76. The van der Waals surface area contributed by atoms with Gasteiger partial charge in [-0.15, -0.1) is 0 Å². The van der Waals surface area contributed by atoms with E-state index in [-0.39, 0.29) is 5.56 Å². The molecular formula is C14H11N3O2. The topological polar surface area (TPSA) is 67.9 Å². The Morgan fingerprint density at radius 2 is 1.89 bits per heavy atom. The summed E-state index contributed by atoms with van der Waals surface area (Å²) < 4.78 is 5.14. The molecule has 0 atom stereocenters. The van der Waals surface area contributed by atoms with Crippen molar-refractivity contribution in [2.45, 2.75) is 0 Å². The van der Waals surface area contributed by atoms with Crippen molar-refractivity contribution in [3.8, 4) is 17.0 Å². The van der Waals surface area contributed by atoms with Crippen molar-refractivity contribution in [1.29, 1.82) is 0 Å². The quantitative estimate of drug-likeness (QED) is 0.758. The van der Waals surface area contributed by atoms with Crippen LogP contribution in [0.2, 0.25) is 0 Å². The first-order chi connectivity index (χ1) is 9.29. The van der Waals surface area contributed by atoms with E-state index >= 15 is 0 Å². The van der Waals surface area contributed by atoms with Crippen molar-refractivity contribution >= 4 is 10.8 Å². The Kier molecular flexibility index (Phi) is 2.72. The molecule has 0 aliphatic carbocycles. The number of pyridine rings is 1. The number of H-pyrrole nitrogens is 1. The van der Waals surface area contributed by atoms with Crippen LogP contribution in [-0.4, -0.2) is 22.3 Å². The summed E-state index contributed by atoms with van der Waals surface area (Å²) in [4.78, 5) is 15.8. The van der Waals surface area contributed by atoms with Gasteiger partial charge in [-0.25, -0.2) is 5.10 Å². The largest absolute Gasteiger partial charge is 0.497 e.